The quantitative estimate of drug-likeness (QED) is 0.675. The normalized spacial score (nSPS) is 17.8. The summed E-state index contributed by atoms with van der Waals surface area (Å²) in [6, 6.07) is 5.59. The van der Waals surface area contributed by atoms with E-state index in [9.17, 15) is 0 Å². The van der Waals surface area contributed by atoms with E-state index in [0.29, 0.717) is 5.38 Å². The van der Waals surface area contributed by atoms with Crippen molar-refractivity contribution in [2.45, 2.75) is 31.1 Å². The van der Waals surface area contributed by atoms with Gasteiger partial charge < -0.3 is 0 Å². The van der Waals surface area contributed by atoms with Gasteiger partial charge in [-0.1, -0.05) is 23.2 Å². The van der Waals surface area contributed by atoms with Crippen molar-refractivity contribution < 1.29 is 0 Å². The van der Waals surface area contributed by atoms with Gasteiger partial charge >= 0.3 is 0 Å². The van der Waals surface area contributed by atoms with Crippen LogP contribution in [0.15, 0.2) is 18.2 Å². The van der Waals surface area contributed by atoms with E-state index in [4.69, 9.17) is 34.8 Å². The van der Waals surface area contributed by atoms with E-state index in [2.05, 4.69) is 0 Å². The summed E-state index contributed by atoms with van der Waals surface area (Å²) in [6.07, 6.45) is 4.49. The van der Waals surface area contributed by atoms with Crippen molar-refractivity contribution >= 4 is 34.8 Å². The molecule has 0 radical (unpaired) electrons. The van der Waals surface area contributed by atoms with E-state index in [-0.39, 0.29) is 0 Å². The van der Waals surface area contributed by atoms with Crippen molar-refractivity contribution in [3.63, 3.8) is 0 Å². The zero-order valence-corrected chi connectivity index (χ0v) is 10.6. The van der Waals surface area contributed by atoms with Gasteiger partial charge in [0.05, 0.1) is 0 Å². The Morgan fingerprint density at radius 3 is 2.67 bits per heavy atom. The van der Waals surface area contributed by atoms with Crippen LogP contribution < -0.4 is 0 Å². The summed E-state index contributed by atoms with van der Waals surface area (Å²) in [7, 11) is 0. The second kappa shape index (κ2) is 4.95. The van der Waals surface area contributed by atoms with Crippen molar-refractivity contribution in [1.29, 1.82) is 0 Å². The largest absolute Gasteiger partial charge is 0.123 e. The second-order valence-electron chi connectivity index (χ2n) is 4.13. The lowest BCUT2D eigenvalue weighted by Gasteiger charge is -2.09. The van der Waals surface area contributed by atoms with Crippen LogP contribution in [0.25, 0.3) is 0 Å². The van der Waals surface area contributed by atoms with Crippen LogP contribution in [0.5, 0.6) is 0 Å². The van der Waals surface area contributed by atoms with E-state index in [1.54, 1.807) is 0 Å². The molecule has 1 atom stereocenters. The molecule has 0 aromatic heterocycles. The standard InChI is InChI=1S/C12H13Cl3/c13-10-4-6-12(15)9(7-10)3-5-11(14)8-1-2-8/h4,6-8,11H,1-3,5H2. The molecule has 2 rings (SSSR count). The van der Waals surface area contributed by atoms with Crippen LogP contribution in [-0.2, 0) is 6.42 Å². The molecular formula is C12H13Cl3. The minimum atomic E-state index is 0.306. The molecule has 1 aliphatic carbocycles. The van der Waals surface area contributed by atoms with E-state index < -0.39 is 0 Å². The lowest BCUT2D eigenvalue weighted by atomic mass is 10.1. The molecule has 1 saturated carbocycles. The van der Waals surface area contributed by atoms with Gasteiger partial charge in [0.1, 0.15) is 0 Å². The first-order valence-electron chi connectivity index (χ1n) is 5.25. The van der Waals surface area contributed by atoms with Crippen LogP contribution in [0, 0.1) is 5.92 Å². The van der Waals surface area contributed by atoms with Crippen LogP contribution in [-0.4, -0.2) is 5.38 Å². The van der Waals surface area contributed by atoms with Gasteiger partial charge in [-0.15, -0.1) is 11.6 Å². The Morgan fingerprint density at radius 1 is 1.27 bits per heavy atom. The maximum absolute atomic E-state index is 6.24. The topological polar surface area (TPSA) is 0 Å². The molecule has 0 bridgehead atoms. The monoisotopic (exact) mass is 262 g/mol. The summed E-state index contributed by atoms with van der Waals surface area (Å²) in [6.45, 7) is 0. The molecule has 1 aromatic carbocycles. The highest BCUT2D eigenvalue weighted by atomic mass is 35.5. The number of benzene rings is 1. The van der Waals surface area contributed by atoms with Gasteiger partial charge in [0.2, 0.25) is 0 Å². The number of halogens is 3. The fraction of sp³-hybridized carbons (Fsp3) is 0.500. The molecule has 0 N–H and O–H groups in total. The predicted octanol–water partition coefficient (Wildman–Crippen LogP) is 4.94. The average Bonchev–Trinajstić information content (AvgIpc) is 3.02. The molecule has 0 saturated heterocycles. The predicted molar refractivity (Wildman–Crippen MR) is 67.1 cm³/mol. The first kappa shape index (κ1) is 11.6. The zero-order chi connectivity index (χ0) is 10.8. The molecule has 3 heteroatoms. The van der Waals surface area contributed by atoms with Crippen molar-refractivity contribution in [2.75, 3.05) is 0 Å². The van der Waals surface area contributed by atoms with Crippen molar-refractivity contribution in [3.8, 4) is 0 Å². The Bertz CT molecular complexity index is 345. The van der Waals surface area contributed by atoms with Gasteiger partial charge in [0.25, 0.3) is 0 Å². The minimum Gasteiger partial charge on any atom is -0.123 e. The number of rotatable bonds is 4. The average molecular weight is 264 g/mol. The zero-order valence-electron chi connectivity index (χ0n) is 8.35. The number of aryl methyl sites for hydroxylation is 1. The first-order valence-corrected chi connectivity index (χ1v) is 6.44. The third kappa shape index (κ3) is 3.27. The highest BCUT2D eigenvalue weighted by Crippen LogP contribution is 2.38. The van der Waals surface area contributed by atoms with Crippen LogP contribution in [0.2, 0.25) is 10.0 Å². The highest BCUT2D eigenvalue weighted by molar-refractivity contribution is 6.33. The fourth-order valence-corrected chi connectivity index (χ4v) is 2.49. The summed E-state index contributed by atoms with van der Waals surface area (Å²) in [4.78, 5) is 0. The van der Waals surface area contributed by atoms with Crippen molar-refractivity contribution in [1.82, 2.24) is 0 Å². The Morgan fingerprint density at radius 2 is 2.00 bits per heavy atom. The summed E-state index contributed by atoms with van der Waals surface area (Å²) < 4.78 is 0. The van der Waals surface area contributed by atoms with Gasteiger partial charge in [-0.3, -0.25) is 0 Å². The van der Waals surface area contributed by atoms with Crippen molar-refractivity contribution in [3.05, 3.63) is 33.8 Å². The molecule has 1 unspecified atom stereocenters. The van der Waals surface area contributed by atoms with Gasteiger partial charge in [-0.25, -0.2) is 0 Å². The maximum atomic E-state index is 6.24. The second-order valence-corrected chi connectivity index (χ2v) is 5.53. The first-order chi connectivity index (χ1) is 7.16. The Kier molecular flexibility index (Phi) is 3.82. The van der Waals surface area contributed by atoms with E-state index in [1.165, 1.54) is 12.8 Å². The fourth-order valence-electron chi connectivity index (χ4n) is 1.72. The molecule has 1 aliphatic rings. The van der Waals surface area contributed by atoms with E-state index in [0.717, 1.165) is 34.4 Å². The van der Waals surface area contributed by atoms with E-state index in [1.807, 2.05) is 18.2 Å². The molecule has 82 valence electrons. The highest BCUT2D eigenvalue weighted by Gasteiger charge is 2.29. The lowest BCUT2D eigenvalue weighted by molar-refractivity contribution is 0.676. The van der Waals surface area contributed by atoms with Gasteiger partial charge in [0, 0.05) is 15.4 Å². The molecule has 1 aromatic rings. The molecule has 0 heterocycles. The summed E-state index contributed by atoms with van der Waals surface area (Å²) >= 11 is 18.2. The van der Waals surface area contributed by atoms with Crippen LogP contribution in [0.3, 0.4) is 0 Å². The molecule has 15 heavy (non-hydrogen) atoms. The van der Waals surface area contributed by atoms with Gasteiger partial charge in [-0.05, 0) is 55.4 Å². The maximum Gasteiger partial charge on any atom is 0.0439 e. The Labute approximate surface area is 106 Å². The lowest BCUT2D eigenvalue weighted by Crippen LogP contribution is -2.03. The van der Waals surface area contributed by atoms with E-state index >= 15 is 0 Å². The summed E-state index contributed by atoms with van der Waals surface area (Å²) in [5.74, 6) is 0.740. The van der Waals surface area contributed by atoms with Crippen LogP contribution in [0.4, 0.5) is 0 Å². The number of alkyl halides is 1. The summed E-state index contributed by atoms with van der Waals surface area (Å²) in [5, 5.41) is 1.84. The van der Waals surface area contributed by atoms with Crippen LogP contribution >= 0.6 is 34.8 Å². The molecule has 0 nitrogen and oxygen atoms in total. The Hall–Kier alpha value is 0.0900. The summed E-state index contributed by atoms with van der Waals surface area (Å²) in [5.41, 5.74) is 1.11. The van der Waals surface area contributed by atoms with Gasteiger partial charge in [0.15, 0.2) is 0 Å². The molecule has 0 amide bonds. The molecular weight excluding hydrogens is 250 g/mol. The van der Waals surface area contributed by atoms with Crippen molar-refractivity contribution in [2.24, 2.45) is 5.92 Å². The third-order valence-electron chi connectivity index (χ3n) is 2.83. The molecule has 0 spiro atoms. The SMILES string of the molecule is Clc1ccc(Cl)c(CCC(Cl)C2CC2)c1. The molecule has 1 fully saturated rings. The number of hydrogen-bond donors (Lipinski definition) is 0. The Balaban J connectivity index is 1.94. The number of hydrogen-bond acceptors (Lipinski definition) is 0. The van der Waals surface area contributed by atoms with Crippen LogP contribution in [0.1, 0.15) is 24.8 Å². The minimum absolute atomic E-state index is 0.306. The van der Waals surface area contributed by atoms with Gasteiger partial charge in [-0.2, -0.15) is 0 Å². The molecule has 0 aliphatic heterocycles. The third-order valence-corrected chi connectivity index (χ3v) is 4.01. The smallest absolute Gasteiger partial charge is 0.0439 e.